The van der Waals surface area contributed by atoms with Crippen LogP contribution in [0.15, 0.2) is 115 Å². The van der Waals surface area contributed by atoms with Crippen molar-refractivity contribution in [2.45, 2.75) is 0 Å². The molecule has 0 aliphatic heterocycles. The first-order chi connectivity index (χ1) is 18.8. The number of nitriles is 1. The highest BCUT2D eigenvalue weighted by Gasteiger charge is 2.21. The molecule has 0 atom stereocenters. The Morgan fingerprint density at radius 1 is 0.474 bits per heavy atom. The Morgan fingerprint density at radius 2 is 1.13 bits per heavy atom. The molecule has 9 rings (SSSR count). The molecule has 3 nitrogen and oxygen atoms in total. The lowest BCUT2D eigenvalue weighted by Crippen LogP contribution is -1.93. The molecule has 0 aliphatic rings. The van der Waals surface area contributed by atoms with E-state index in [0.29, 0.717) is 5.56 Å². The maximum atomic E-state index is 9.34. The van der Waals surface area contributed by atoms with Crippen molar-refractivity contribution in [3.05, 3.63) is 121 Å². The number of benzene rings is 6. The summed E-state index contributed by atoms with van der Waals surface area (Å²) < 4.78 is 4.78. The van der Waals surface area contributed by atoms with Gasteiger partial charge in [0.25, 0.3) is 0 Å². The van der Waals surface area contributed by atoms with Gasteiger partial charge in [0, 0.05) is 43.4 Å². The summed E-state index contributed by atoms with van der Waals surface area (Å²) in [5.74, 6) is 0. The fraction of sp³-hybridized carbons (Fsp3) is 0. The Hall–Kier alpha value is -5.33. The highest BCUT2D eigenvalue weighted by Crippen LogP contribution is 2.45. The van der Waals surface area contributed by atoms with E-state index in [1.54, 1.807) is 0 Å². The summed E-state index contributed by atoms with van der Waals surface area (Å²) in [7, 11) is 0. The average Bonchev–Trinajstić information content (AvgIpc) is 3.62. The highest BCUT2D eigenvalue weighted by atomic mass is 15.0. The Bertz CT molecular complexity index is 2450. The average molecular weight is 482 g/mol. The van der Waals surface area contributed by atoms with Gasteiger partial charge in [-0.15, -0.1) is 0 Å². The van der Waals surface area contributed by atoms with E-state index in [-0.39, 0.29) is 0 Å². The number of rotatable bonds is 1. The monoisotopic (exact) mass is 481 g/mol. The lowest BCUT2D eigenvalue weighted by atomic mass is 9.98. The molecule has 3 heterocycles. The van der Waals surface area contributed by atoms with Gasteiger partial charge in [0.15, 0.2) is 0 Å². The number of para-hydroxylation sites is 3. The van der Waals surface area contributed by atoms with Crippen LogP contribution in [-0.4, -0.2) is 8.97 Å². The molecule has 6 aromatic carbocycles. The standard InChI is InChI=1S/C35H19N3/c36-20-21-12-16-23(17-13-21)37-29-11-4-2-7-26(29)33-30(37)18-14-22-15-19-31-34(32(22)33)27-9-5-8-25-24-6-1-3-10-28(24)38(31)35(25)27/h1-19H. The van der Waals surface area contributed by atoms with Gasteiger partial charge in [-0.1, -0.05) is 66.7 Å². The van der Waals surface area contributed by atoms with Gasteiger partial charge in [0.1, 0.15) is 0 Å². The summed E-state index contributed by atoms with van der Waals surface area (Å²) in [6.45, 7) is 0. The molecule has 0 aliphatic carbocycles. The van der Waals surface area contributed by atoms with E-state index >= 15 is 0 Å². The molecule has 0 bridgehead atoms. The van der Waals surface area contributed by atoms with Crippen LogP contribution in [0.4, 0.5) is 0 Å². The van der Waals surface area contributed by atoms with Crippen LogP contribution in [0.5, 0.6) is 0 Å². The third-order valence-electron chi connectivity index (χ3n) is 8.26. The van der Waals surface area contributed by atoms with Crippen LogP contribution in [0.1, 0.15) is 5.56 Å². The van der Waals surface area contributed by atoms with Gasteiger partial charge in [-0.05, 0) is 53.9 Å². The fourth-order valence-corrected chi connectivity index (χ4v) is 6.76. The largest absolute Gasteiger partial charge is 0.309 e. The summed E-state index contributed by atoms with van der Waals surface area (Å²) in [6.07, 6.45) is 0. The van der Waals surface area contributed by atoms with E-state index in [9.17, 15) is 5.26 Å². The second kappa shape index (κ2) is 6.91. The normalized spacial score (nSPS) is 12.2. The van der Waals surface area contributed by atoms with Gasteiger partial charge >= 0.3 is 0 Å². The van der Waals surface area contributed by atoms with Crippen molar-refractivity contribution in [2.24, 2.45) is 0 Å². The van der Waals surface area contributed by atoms with Crippen LogP contribution in [-0.2, 0) is 0 Å². The summed E-state index contributed by atoms with van der Waals surface area (Å²) in [5.41, 5.74) is 7.85. The Kier molecular flexibility index (Phi) is 3.60. The molecule has 0 N–H and O–H groups in total. The molecule has 0 saturated carbocycles. The zero-order chi connectivity index (χ0) is 25.0. The van der Waals surface area contributed by atoms with Crippen molar-refractivity contribution in [2.75, 3.05) is 0 Å². The molecule has 0 unspecified atom stereocenters. The first-order valence-electron chi connectivity index (χ1n) is 12.9. The van der Waals surface area contributed by atoms with Crippen LogP contribution >= 0.6 is 0 Å². The number of hydrogen-bond donors (Lipinski definition) is 0. The summed E-state index contributed by atoms with van der Waals surface area (Å²) in [5, 5.41) is 19.6. The number of aromatic nitrogens is 2. The van der Waals surface area contributed by atoms with Crippen molar-refractivity contribution >= 4 is 70.7 Å². The van der Waals surface area contributed by atoms with Crippen molar-refractivity contribution in [1.29, 1.82) is 5.26 Å². The fourth-order valence-electron chi connectivity index (χ4n) is 6.76. The van der Waals surface area contributed by atoms with E-state index in [0.717, 1.165) is 5.69 Å². The molecular weight excluding hydrogens is 462 g/mol. The van der Waals surface area contributed by atoms with E-state index in [1.807, 2.05) is 24.3 Å². The van der Waals surface area contributed by atoms with Gasteiger partial charge in [-0.2, -0.15) is 5.26 Å². The minimum Gasteiger partial charge on any atom is -0.309 e. The SMILES string of the molecule is N#Cc1ccc(-n2c3ccccc3c3c4c(ccc32)ccc2c4c3cccc4c5ccccc5n2c43)cc1. The summed E-state index contributed by atoms with van der Waals surface area (Å²) >= 11 is 0. The lowest BCUT2D eigenvalue weighted by Gasteiger charge is -2.09. The Labute approximate surface area is 217 Å². The third-order valence-corrected chi connectivity index (χ3v) is 8.26. The predicted molar refractivity (Wildman–Crippen MR) is 158 cm³/mol. The molecule has 0 saturated heterocycles. The van der Waals surface area contributed by atoms with Crippen LogP contribution < -0.4 is 0 Å². The number of fused-ring (bicyclic) bond motifs is 12. The predicted octanol–water partition coefficient (Wildman–Crippen LogP) is 8.96. The lowest BCUT2D eigenvalue weighted by molar-refractivity contribution is 1.18. The van der Waals surface area contributed by atoms with Gasteiger partial charge in [-0.3, -0.25) is 0 Å². The topological polar surface area (TPSA) is 33.1 Å². The van der Waals surface area contributed by atoms with Gasteiger partial charge < -0.3 is 8.97 Å². The second-order valence-electron chi connectivity index (χ2n) is 10.1. The third kappa shape index (κ3) is 2.29. The smallest absolute Gasteiger partial charge is 0.0991 e. The van der Waals surface area contributed by atoms with Crippen LogP contribution in [0, 0.1) is 11.3 Å². The first-order valence-corrected chi connectivity index (χ1v) is 12.9. The van der Waals surface area contributed by atoms with Crippen LogP contribution in [0.2, 0.25) is 0 Å². The van der Waals surface area contributed by atoms with Crippen LogP contribution in [0.25, 0.3) is 76.4 Å². The van der Waals surface area contributed by atoms with E-state index in [1.165, 1.54) is 70.7 Å². The minimum atomic E-state index is 0.667. The molecule has 0 radical (unpaired) electrons. The first kappa shape index (κ1) is 19.8. The van der Waals surface area contributed by atoms with Crippen molar-refractivity contribution in [3.63, 3.8) is 0 Å². The maximum absolute atomic E-state index is 9.34. The van der Waals surface area contributed by atoms with Gasteiger partial charge in [-0.25, -0.2) is 0 Å². The van der Waals surface area contributed by atoms with Gasteiger partial charge in [0.2, 0.25) is 0 Å². The van der Waals surface area contributed by atoms with Crippen molar-refractivity contribution in [3.8, 4) is 11.8 Å². The number of hydrogen-bond acceptors (Lipinski definition) is 1. The molecular formula is C35H19N3. The summed E-state index contributed by atoms with van der Waals surface area (Å²) in [6, 6.07) is 43.3. The molecule has 38 heavy (non-hydrogen) atoms. The van der Waals surface area contributed by atoms with E-state index < -0.39 is 0 Å². The molecule has 9 aromatic rings. The molecule has 0 spiro atoms. The summed E-state index contributed by atoms with van der Waals surface area (Å²) in [4.78, 5) is 0. The van der Waals surface area contributed by atoms with Gasteiger partial charge in [0.05, 0.1) is 39.2 Å². The Balaban J connectivity index is 1.55. The zero-order valence-electron chi connectivity index (χ0n) is 20.3. The molecule has 174 valence electrons. The second-order valence-corrected chi connectivity index (χ2v) is 10.1. The molecule has 3 heteroatoms. The molecule has 0 amide bonds. The van der Waals surface area contributed by atoms with E-state index in [2.05, 4.69) is 106 Å². The highest BCUT2D eigenvalue weighted by molar-refractivity contribution is 6.35. The Morgan fingerprint density at radius 3 is 1.95 bits per heavy atom. The van der Waals surface area contributed by atoms with Crippen molar-refractivity contribution in [1.82, 2.24) is 8.97 Å². The maximum Gasteiger partial charge on any atom is 0.0991 e. The van der Waals surface area contributed by atoms with E-state index in [4.69, 9.17) is 0 Å². The number of nitrogens with zero attached hydrogens (tertiary/aromatic N) is 3. The van der Waals surface area contributed by atoms with Crippen molar-refractivity contribution < 1.29 is 0 Å². The molecule has 0 fully saturated rings. The molecule has 3 aromatic heterocycles. The minimum absolute atomic E-state index is 0.667. The van der Waals surface area contributed by atoms with Crippen LogP contribution in [0.3, 0.4) is 0 Å². The quantitative estimate of drug-likeness (QED) is 0.230. The zero-order valence-corrected chi connectivity index (χ0v) is 20.3.